The number of hydrogen-bond acceptors (Lipinski definition) is 4. The molecule has 1 aliphatic rings. The maximum absolute atomic E-state index is 5.89. The highest BCUT2D eigenvalue weighted by molar-refractivity contribution is 5.47. The molecule has 5 heteroatoms. The van der Waals surface area contributed by atoms with Gasteiger partial charge in [-0.3, -0.25) is 0 Å². The van der Waals surface area contributed by atoms with Gasteiger partial charge in [0.15, 0.2) is 0 Å². The molecular weight excluding hydrogens is 326 g/mol. The van der Waals surface area contributed by atoms with Crippen LogP contribution < -0.4 is 10.1 Å². The van der Waals surface area contributed by atoms with Crippen LogP contribution in [0.3, 0.4) is 0 Å². The van der Waals surface area contributed by atoms with E-state index in [4.69, 9.17) is 9.47 Å². The van der Waals surface area contributed by atoms with E-state index in [0.717, 1.165) is 36.8 Å². The maximum Gasteiger partial charge on any atom is 0.140 e. The van der Waals surface area contributed by atoms with Gasteiger partial charge >= 0.3 is 0 Å². The quantitative estimate of drug-likeness (QED) is 0.708. The van der Waals surface area contributed by atoms with E-state index in [2.05, 4.69) is 35.4 Å². The van der Waals surface area contributed by atoms with E-state index in [9.17, 15) is 0 Å². The number of ether oxygens (including phenoxy) is 2. The van der Waals surface area contributed by atoms with Crippen LogP contribution in [0, 0.1) is 6.92 Å². The third-order valence-electron chi connectivity index (χ3n) is 4.76. The molecule has 26 heavy (non-hydrogen) atoms. The molecule has 136 valence electrons. The first-order valence-corrected chi connectivity index (χ1v) is 9.25. The van der Waals surface area contributed by atoms with E-state index in [-0.39, 0.29) is 0 Å². The molecule has 1 N–H and O–H groups in total. The molecule has 1 aromatic carbocycles. The van der Waals surface area contributed by atoms with Gasteiger partial charge in [0.2, 0.25) is 0 Å². The Morgan fingerprint density at radius 1 is 1.27 bits per heavy atom. The molecule has 0 amide bonds. The number of hydrogen-bond donors (Lipinski definition) is 1. The first-order chi connectivity index (χ1) is 12.8. The summed E-state index contributed by atoms with van der Waals surface area (Å²) in [5.41, 5.74) is 4.33. The van der Waals surface area contributed by atoms with Gasteiger partial charge in [-0.05, 0) is 49.1 Å². The zero-order valence-corrected chi connectivity index (χ0v) is 15.1. The molecule has 1 atom stereocenters. The fraction of sp³-hybridized carbons (Fsp3) is 0.381. The Morgan fingerprint density at radius 3 is 2.92 bits per heavy atom. The molecule has 0 radical (unpaired) electrons. The molecule has 1 saturated heterocycles. The van der Waals surface area contributed by atoms with Gasteiger partial charge in [0.25, 0.3) is 0 Å². The van der Waals surface area contributed by atoms with Crippen LogP contribution in [-0.4, -0.2) is 28.6 Å². The summed E-state index contributed by atoms with van der Waals surface area (Å²) in [6.45, 7) is 5.22. The van der Waals surface area contributed by atoms with Crippen LogP contribution in [0.4, 0.5) is 0 Å². The fourth-order valence-corrected chi connectivity index (χ4v) is 3.32. The number of imidazole rings is 1. The summed E-state index contributed by atoms with van der Waals surface area (Å²) in [4.78, 5) is 4.64. The second-order valence-corrected chi connectivity index (χ2v) is 6.85. The van der Waals surface area contributed by atoms with Gasteiger partial charge in [-0.2, -0.15) is 0 Å². The zero-order valence-electron chi connectivity index (χ0n) is 15.1. The van der Waals surface area contributed by atoms with E-state index in [1.54, 1.807) is 0 Å². The van der Waals surface area contributed by atoms with Crippen LogP contribution in [-0.2, 0) is 17.9 Å². The highest BCUT2D eigenvalue weighted by Gasteiger charge is 2.14. The highest BCUT2D eigenvalue weighted by atomic mass is 16.5. The Morgan fingerprint density at radius 2 is 2.15 bits per heavy atom. The van der Waals surface area contributed by atoms with Crippen molar-refractivity contribution in [2.24, 2.45) is 0 Å². The van der Waals surface area contributed by atoms with Gasteiger partial charge in [0.05, 0.1) is 11.8 Å². The Hall–Kier alpha value is -2.37. The Balaban J connectivity index is 1.28. The first kappa shape index (κ1) is 17.1. The number of aryl methyl sites for hydroxylation is 1. The summed E-state index contributed by atoms with van der Waals surface area (Å²) in [5.74, 6) is 0.863. The lowest BCUT2D eigenvalue weighted by Gasteiger charge is -2.11. The second-order valence-electron chi connectivity index (χ2n) is 6.85. The number of benzene rings is 1. The van der Waals surface area contributed by atoms with E-state index in [1.165, 1.54) is 24.0 Å². The molecule has 0 spiro atoms. The Bertz CT molecular complexity index is 851. The van der Waals surface area contributed by atoms with Gasteiger partial charge in [0, 0.05) is 32.1 Å². The van der Waals surface area contributed by atoms with E-state index >= 15 is 0 Å². The van der Waals surface area contributed by atoms with Gasteiger partial charge in [-0.25, -0.2) is 4.98 Å². The summed E-state index contributed by atoms with van der Waals surface area (Å²) >= 11 is 0. The SMILES string of the molecule is Cc1cccn2cc(COc3ccc(CNCC4CCCO4)cc3)nc12. The first-order valence-electron chi connectivity index (χ1n) is 9.25. The van der Waals surface area contributed by atoms with Crippen molar-refractivity contribution >= 4 is 5.65 Å². The molecule has 1 aliphatic heterocycles. The molecule has 2 aromatic heterocycles. The predicted molar refractivity (Wildman–Crippen MR) is 101 cm³/mol. The molecule has 0 saturated carbocycles. The Kier molecular flexibility index (Phi) is 5.18. The third-order valence-corrected chi connectivity index (χ3v) is 4.76. The van der Waals surface area contributed by atoms with Crippen molar-refractivity contribution in [1.82, 2.24) is 14.7 Å². The van der Waals surface area contributed by atoms with Crippen molar-refractivity contribution in [2.75, 3.05) is 13.2 Å². The van der Waals surface area contributed by atoms with Crippen LogP contribution in [0.25, 0.3) is 5.65 Å². The maximum atomic E-state index is 5.89. The van der Waals surface area contributed by atoms with E-state index < -0.39 is 0 Å². The molecule has 3 heterocycles. The summed E-state index contributed by atoms with van der Waals surface area (Å²) < 4.78 is 13.5. The lowest BCUT2D eigenvalue weighted by molar-refractivity contribution is 0.110. The molecule has 4 rings (SSSR count). The third kappa shape index (κ3) is 4.06. The van der Waals surface area contributed by atoms with Crippen molar-refractivity contribution in [3.8, 4) is 5.75 Å². The average Bonchev–Trinajstić information content (AvgIpc) is 3.31. The molecular formula is C21H25N3O2. The largest absolute Gasteiger partial charge is 0.487 e. The van der Waals surface area contributed by atoms with Crippen LogP contribution in [0.1, 0.15) is 29.7 Å². The molecule has 0 bridgehead atoms. The van der Waals surface area contributed by atoms with Crippen molar-refractivity contribution in [2.45, 2.75) is 39.0 Å². The normalized spacial score (nSPS) is 17.0. The van der Waals surface area contributed by atoms with Crippen LogP contribution in [0.5, 0.6) is 5.75 Å². The van der Waals surface area contributed by atoms with Gasteiger partial charge < -0.3 is 19.2 Å². The molecule has 5 nitrogen and oxygen atoms in total. The van der Waals surface area contributed by atoms with E-state index in [0.29, 0.717) is 12.7 Å². The van der Waals surface area contributed by atoms with Gasteiger partial charge in [-0.1, -0.05) is 18.2 Å². The van der Waals surface area contributed by atoms with Crippen molar-refractivity contribution in [1.29, 1.82) is 0 Å². The number of nitrogens with zero attached hydrogens (tertiary/aromatic N) is 2. The standard InChI is InChI=1S/C21H25N3O2/c1-16-4-2-10-24-14-18(23-21(16)24)15-26-19-8-6-17(7-9-19)12-22-13-20-5-3-11-25-20/h2,4,6-10,14,20,22H,3,5,11-13,15H2,1H3. The smallest absolute Gasteiger partial charge is 0.140 e. The minimum Gasteiger partial charge on any atom is -0.487 e. The number of rotatable bonds is 7. The number of aromatic nitrogens is 2. The average molecular weight is 351 g/mol. The van der Waals surface area contributed by atoms with Crippen LogP contribution >= 0.6 is 0 Å². The summed E-state index contributed by atoms with van der Waals surface area (Å²) in [6.07, 6.45) is 6.77. The minimum absolute atomic E-state index is 0.381. The lowest BCUT2D eigenvalue weighted by atomic mass is 10.2. The number of nitrogens with one attached hydrogen (secondary N) is 1. The number of pyridine rings is 1. The summed E-state index contributed by atoms with van der Waals surface area (Å²) in [6, 6.07) is 12.3. The van der Waals surface area contributed by atoms with Crippen molar-refractivity contribution in [3.63, 3.8) is 0 Å². The fourth-order valence-electron chi connectivity index (χ4n) is 3.32. The summed E-state index contributed by atoms with van der Waals surface area (Å²) in [5, 5.41) is 3.46. The van der Waals surface area contributed by atoms with Crippen LogP contribution in [0.15, 0.2) is 48.8 Å². The lowest BCUT2D eigenvalue weighted by Crippen LogP contribution is -2.25. The molecule has 0 aliphatic carbocycles. The predicted octanol–water partition coefficient (Wildman–Crippen LogP) is 3.49. The molecule has 1 fully saturated rings. The Labute approximate surface area is 154 Å². The highest BCUT2D eigenvalue weighted by Crippen LogP contribution is 2.16. The van der Waals surface area contributed by atoms with Gasteiger partial charge in [0.1, 0.15) is 18.0 Å². The topological polar surface area (TPSA) is 47.8 Å². The zero-order chi connectivity index (χ0) is 17.8. The van der Waals surface area contributed by atoms with Crippen LogP contribution in [0.2, 0.25) is 0 Å². The minimum atomic E-state index is 0.381. The van der Waals surface area contributed by atoms with Crippen molar-refractivity contribution in [3.05, 3.63) is 65.6 Å². The summed E-state index contributed by atoms with van der Waals surface area (Å²) in [7, 11) is 0. The number of fused-ring (bicyclic) bond motifs is 1. The van der Waals surface area contributed by atoms with Crippen molar-refractivity contribution < 1.29 is 9.47 Å². The molecule has 1 unspecified atom stereocenters. The van der Waals surface area contributed by atoms with Gasteiger partial charge in [-0.15, -0.1) is 0 Å². The van der Waals surface area contributed by atoms with E-state index in [1.807, 2.05) is 35.0 Å². The monoisotopic (exact) mass is 351 g/mol. The second kappa shape index (κ2) is 7.89. The molecule has 3 aromatic rings.